The lowest BCUT2D eigenvalue weighted by Gasteiger charge is -2.29. The van der Waals surface area contributed by atoms with Crippen LogP contribution >= 0.6 is 15.9 Å². The fraction of sp³-hybridized carbons (Fsp3) is 0.538. The van der Waals surface area contributed by atoms with Crippen molar-refractivity contribution in [2.24, 2.45) is 0 Å². The van der Waals surface area contributed by atoms with Crippen LogP contribution in [0.1, 0.15) is 25.7 Å². The first kappa shape index (κ1) is 15.7. The van der Waals surface area contributed by atoms with Crippen molar-refractivity contribution in [3.05, 3.63) is 28.2 Å². The third kappa shape index (κ3) is 3.69. The van der Waals surface area contributed by atoms with Gasteiger partial charge < -0.3 is 5.32 Å². The van der Waals surface area contributed by atoms with Crippen molar-refractivity contribution in [3.8, 4) is 0 Å². The zero-order chi connectivity index (χ0) is 14.9. The van der Waals surface area contributed by atoms with Gasteiger partial charge in [0.2, 0.25) is 0 Å². The molecule has 7 heteroatoms. The van der Waals surface area contributed by atoms with Crippen LogP contribution in [0.15, 0.2) is 16.6 Å². The Bertz CT molecular complexity index is 583. The number of anilines is 1. The van der Waals surface area contributed by atoms with Crippen molar-refractivity contribution in [2.45, 2.75) is 37.0 Å². The topological polar surface area (TPSA) is 46.2 Å². The molecule has 0 heterocycles. The molecule has 1 aromatic carbocycles. The quantitative estimate of drug-likeness (QED) is 0.889. The molecular formula is C13H16BrF2NO2S. The SMILES string of the molecule is CS(=O)(=O)C1CCCC(Nc2c(F)cc(F)cc2Br)C1. The van der Waals surface area contributed by atoms with Crippen molar-refractivity contribution in [2.75, 3.05) is 11.6 Å². The number of halogens is 3. The minimum atomic E-state index is -3.08. The Morgan fingerprint density at radius 2 is 2.00 bits per heavy atom. The second-order valence-corrected chi connectivity index (χ2v) is 8.38. The Morgan fingerprint density at radius 1 is 1.30 bits per heavy atom. The van der Waals surface area contributed by atoms with E-state index in [0.29, 0.717) is 17.3 Å². The molecule has 1 N–H and O–H groups in total. The van der Waals surface area contributed by atoms with Gasteiger partial charge >= 0.3 is 0 Å². The number of rotatable bonds is 3. The highest BCUT2D eigenvalue weighted by atomic mass is 79.9. The molecular weight excluding hydrogens is 352 g/mol. The molecule has 112 valence electrons. The average molecular weight is 368 g/mol. The molecule has 0 bridgehead atoms. The summed E-state index contributed by atoms with van der Waals surface area (Å²) in [5.74, 6) is -1.34. The third-order valence-electron chi connectivity index (χ3n) is 3.59. The van der Waals surface area contributed by atoms with Gasteiger partial charge in [-0.1, -0.05) is 6.42 Å². The summed E-state index contributed by atoms with van der Waals surface area (Å²) in [4.78, 5) is 0. The van der Waals surface area contributed by atoms with Gasteiger partial charge in [-0.05, 0) is 41.3 Å². The first-order valence-electron chi connectivity index (χ1n) is 6.37. The van der Waals surface area contributed by atoms with Gasteiger partial charge in [0.05, 0.1) is 10.9 Å². The van der Waals surface area contributed by atoms with E-state index < -0.39 is 26.7 Å². The van der Waals surface area contributed by atoms with Gasteiger partial charge in [0, 0.05) is 22.8 Å². The Labute approximate surface area is 125 Å². The number of sulfone groups is 1. The van der Waals surface area contributed by atoms with Crippen LogP contribution in [0.2, 0.25) is 0 Å². The summed E-state index contributed by atoms with van der Waals surface area (Å²) >= 11 is 3.12. The normalized spacial score (nSPS) is 23.6. The summed E-state index contributed by atoms with van der Waals surface area (Å²) < 4.78 is 50.3. The Morgan fingerprint density at radius 3 is 2.60 bits per heavy atom. The molecule has 1 aliphatic carbocycles. The monoisotopic (exact) mass is 367 g/mol. The van der Waals surface area contributed by atoms with Crippen molar-refractivity contribution >= 4 is 31.5 Å². The minimum absolute atomic E-state index is 0.125. The van der Waals surface area contributed by atoms with Crippen LogP contribution in [0, 0.1) is 11.6 Å². The highest BCUT2D eigenvalue weighted by Gasteiger charge is 2.29. The van der Waals surface area contributed by atoms with E-state index in [4.69, 9.17) is 0 Å². The molecule has 0 amide bonds. The van der Waals surface area contributed by atoms with Crippen LogP contribution in [-0.4, -0.2) is 26.0 Å². The standard InChI is InChI=1S/C13H16BrF2NO2S/c1-20(18,19)10-4-2-3-9(7-10)17-13-11(14)5-8(15)6-12(13)16/h5-6,9-10,17H,2-4,7H2,1H3. The molecule has 0 aliphatic heterocycles. The van der Waals surface area contributed by atoms with Gasteiger partial charge in [-0.3, -0.25) is 0 Å². The van der Waals surface area contributed by atoms with E-state index in [1.54, 1.807) is 0 Å². The lowest BCUT2D eigenvalue weighted by Crippen LogP contribution is -2.34. The highest BCUT2D eigenvalue weighted by Crippen LogP contribution is 2.31. The smallest absolute Gasteiger partial charge is 0.150 e. The van der Waals surface area contributed by atoms with Crippen molar-refractivity contribution in [3.63, 3.8) is 0 Å². The van der Waals surface area contributed by atoms with Crippen molar-refractivity contribution in [1.29, 1.82) is 0 Å². The third-order valence-corrected chi connectivity index (χ3v) is 5.85. The van der Waals surface area contributed by atoms with Crippen LogP contribution in [0.25, 0.3) is 0 Å². The zero-order valence-electron chi connectivity index (χ0n) is 11.0. The van der Waals surface area contributed by atoms with Gasteiger partial charge in [0.1, 0.15) is 21.5 Å². The molecule has 20 heavy (non-hydrogen) atoms. The van der Waals surface area contributed by atoms with E-state index >= 15 is 0 Å². The van der Waals surface area contributed by atoms with E-state index in [1.165, 1.54) is 12.3 Å². The molecule has 1 aliphatic rings. The number of hydrogen-bond acceptors (Lipinski definition) is 3. The molecule has 0 saturated heterocycles. The van der Waals surface area contributed by atoms with E-state index in [-0.39, 0.29) is 11.7 Å². The van der Waals surface area contributed by atoms with Crippen LogP contribution in [0.3, 0.4) is 0 Å². The molecule has 1 aromatic rings. The maximum atomic E-state index is 13.7. The number of benzene rings is 1. The maximum Gasteiger partial charge on any atom is 0.150 e. The molecule has 3 nitrogen and oxygen atoms in total. The first-order valence-corrected chi connectivity index (χ1v) is 9.12. The van der Waals surface area contributed by atoms with Crippen molar-refractivity contribution in [1.82, 2.24) is 0 Å². The molecule has 0 radical (unpaired) electrons. The Kier molecular flexibility index (Phi) is 4.69. The van der Waals surface area contributed by atoms with Crippen LogP contribution in [0.4, 0.5) is 14.5 Å². The number of hydrogen-bond donors (Lipinski definition) is 1. The highest BCUT2D eigenvalue weighted by molar-refractivity contribution is 9.10. The van der Waals surface area contributed by atoms with Gasteiger partial charge in [-0.25, -0.2) is 17.2 Å². The maximum absolute atomic E-state index is 13.7. The molecule has 1 fully saturated rings. The second kappa shape index (κ2) is 5.97. The predicted octanol–water partition coefficient (Wildman–Crippen LogP) is 3.50. The average Bonchev–Trinajstić information content (AvgIpc) is 2.33. The summed E-state index contributed by atoms with van der Waals surface area (Å²) in [6, 6.07) is 1.87. The summed E-state index contributed by atoms with van der Waals surface area (Å²) in [5.41, 5.74) is 0.186. The van der Waals surface area contributed by atoms with Crippen molar-refractivity contribution < 1.29 is 17.2 Å². The van der Waals surface area contributed by atoms with Crippen LogP contribution in [0.5, 0.6) is 0 Å². The van der Waals surface area contributed by atoms with Gasteiger partial charge in [0.15, 0.2) is 0 Å². The minimum Gasteiger partial charge on any atom is -0.379 e. The van der Waals surface area contributed by atoms with Crippen LogP contribution < -0.4 is 5.32 Å². The summed E-state index contributed by atoms with van der Waals surface area (Å²) in [5, 5.41) is 2.60. The largest absolute Gasteiger partial charge is 0.379 e. The summed E-state index contributed by atoms with van der Waals surface area (Å²) in [6.07, 6.45) is 3.87. The van der Waals surface area contributed by atoms with E-state index in [1.807, 2.05) is 0 Å². The fourth-order valence-corrected chi connectivity index (χ4v) is 4.25. The lowest BCUT2D eigenvalue weighted by molar-refractivity contribution is 0.451. The molecule has 0 spiro atoms. The Hall–Kier alpha value is -0.690. The predicted molar refractivity (Wildman–Crippen MR) is 78.6 cm³/mol. The molecule has 2 unspecified atom stereocenters. The lowest BCUT2D eigenvalue weighted by atomic mass is 9.94. The summed E-state index contributed by atoms with van der Waals surface area (Å²) in [7, 11) is -3.08. The Balaban J connectivity index is 2.14. The van der Waals surface area contributed by atoms with E-state index in [0.717, 1.165) is 18.9 Å². The van der Waals surface area contributed by atoms with Gasteiger partial charge in [-0.2, -0.15) is 0 Å². The zero-order valence-corrected chi connectivity index (χ0v) is 13.4. The van der Waals surface area contributed by atoms with Gasteiger partial charge in [0.25, 0.3) is 0 Å². The van der Waals surface area contributed by atoms with E-state index in [2.05, 4.69) is 21.2 Å². The summed E-state index contributed by atoms with van der Waals surface area (Å²) in [6.45, 7) is 0. The molecule has 2 atom stereocenters. The molecule has 0 aromatic heterocycles. The second-order valence-electron chi connectivity index (χ2n) is 5.20. The van der Waals surface area contributed by atoms with Crippen LogP contribution in [-0.2, 0) is 9.84 Å². The van der Waals surface area contributed by atoms with Gasteiger partial charge in [-0.15, -0.1) is 0 Å². The molecule has 2 rings (SSSR count). The molecule has 1 saturated carbocycles. The van der Waals surface area contributed by atoms with E-state index in [9.17, 15) is 17.2 Å². The first-order chi connectivity index (χ1) is 9.27. The fourth-order valence-electron chi connectivity index (χ4n) is 2.55. The number of nitrogens with one attached hydrogen (secondary N) is 1.